The summed E-state index contributed by atoms with van der Waals surface area (Å²) in [5.41, 5.74) is 3.20. The van der Waals surface area contributed by atoms with E-state index in [0.29, 0.717) is 0 Å². The lowest BCUT2D eigenvalue weighted by Crippen LogP contribution is -2.31. The van der Waals surface area contributed by atoms with Gasteiger partial charge in [-0.2, -0.15) is 0 Å². The van der Waals surface area contributed by atoms with Crippen molar-refractivity contribution < 1.29 is 0 Å². The Hall–Kier alpha value is -1.08. The zero-order chi connectivity index (χ0) is 9.54. The first-order valence-electron chi connectivity index (χ1n) is 5.37. The highest BCUT2D eigenvalue weighted by molar-refractivity contribution is 5.71. The van der Waals surface area contributed by atoms with Crippen molar-refractivity contribution in [1.29, 1.82) is 0 Å². The minimum Gasteiger partial charge on any atom is -0.313 e. The molecule has 14 heavy (non-hydrogen) atoms. The van der Waals surface area contributed by atoms with Gasteiger partial charge in [0.25, 0.3) is 0 Å². The SMILES string of the molecule is CC1=c2ccccc2=C2CNCCC12. The van der Waals surface area contributed by atoms with Crippen LogP contribution in [0.15, 0.2) is 24.3 Å². The van der Waals surface area contributed by atoms with Crippen molar-refractivity contribution in [3.05, 3.63) is 34.7 Å². The molecule has 1 heterocycles. The highest BCUT2D eigenvalue weighted by Crippen LogP contribution is 2.28. The minimum absolute atomic E-state index is 0.730. The van der Waals surface area contributed by atoms with Crippen LogP contribution in [0, 0.1) is 5.92 Å². The van der Waals surface area contributed by atoms with Crippen LogP contribution in [0.5, 0.6) is 0 Å². The summed E-state index contributed by atoms with van der Waals surface area (Å²) in [7, 11) is 0. The van der Waals surface area contributed by atoms with Crippen molar-refractivity contribution in [1.82, 2.24) is 5.32 Å². The van der Waals surface area contributed by atoms with Gasteiger partial charge in [0, 0.05) is 12.5 Å². The summed E-state index contributed by atoms with van der Waals surface area (Å²) < 4.78 is 0. The van der Waals surface area contributed by atoms with Crippen LogP contribution in [0.4, 0.5) is 0 Å². The van der Waals surface area contributed by atoms with Gasteiger partial charge < -0.3 is 5.32 Å². The Balaban J connectivity index is 2.36. The molecule has 0 aromatic heterocycles. The maximum absolute atomic E-state index is 3.47. The summed E-state index contributed by atoms with van der Waals surface area (Å²) in [6, 6.07) is 8.82. The number of benzene rings is 1. The summed E-state index contributed by atoms with van der Waals surface area (Å²) >= 11 is 0. The molecule has 1 saturated heterocycles. The van der Waals surface area contributed by atoms with E-state index in [2.05, 4.69) is 36.5 Å². The fourth-order valence-corrected chi connectivity index (χ4v) is 2.82. The van der Waals surface area contributed by atoms with E-state index in [1.165, 1.54) is 23.4 Å². The van der Waals surface area contributed by atoms with Crippen molar-refractivity contribution in [3.63, 3.8) is 0 Å². The van der Waals surface area contributed by atoms with Crippen molar-refractivity contribution in [3.8, 4) is 0 Å². The average Bonchev–Trinajstić information content (AvgIpc) is 2.55. The van der Waals surface area contributed by atoms with E-state index in [0.717, 1.165) is 12.5 Å². The van der Waals surface area contributed by atoms with Gasteiger partial charge in [0.2, 0.25) is 0 Å². The quantitative estimate of drug-likeness (QED) is 0.625. The third kappa shape index (κ3) is 0.992. The Kier molecular flexibility index (Phi) is 1.74. The van der Waals surface area contributed by atoms with Crippen LogP contribution in [-0.2, 0) is 0 Å². The molecule has 1 aliphatic carbocycles. The van der Waals surface area contributed by atoms with Gasteiger partial charge in [0.15, 0.2) is 0 Å². The molecule has 72 valence electrons. The van der Waals surface area contributed by atoms with Crippen LogP contribution < -0.4 is 15.8 Å². The largest absolute Gasteiger partial charge is 0.313 e. The second-order valence-electron chi connectivity index (χ2n) is 4.27. The van der Waals surface area contributed by atoms with Crippen LogP contribution in [-0.4, -0.2) is 13.1 Å². The van der Waals surface area contributed by atoms with Crippen LogP contribution in [0.3, 0.4) is 0 Å². The Morgan fingerprint density at radius 1 is 1.21 bits per heavy atom. The molecular formula is C13H15N. The maximum Gasteiger partial charge on any atom is 0.0179 e. The van der Waals surface area contributed by atoms with Crippen molar-refractivity contribution in [2.24, 2.45) is 5.92 Å². The molecule has 1 nitrogen and oxygen atoms in total. The van der Waals surface area contributed by atoms with E-state index >= 15 is 0 Å². The normalized spacial score (nSPS) is 24.8. The van der Waals surface area contributed by atoms with Crippen molar-refractivity contribution >= 4 is 11.1 Å². The standard InChI is InChI=1S/C13H15N/c1-9-10-4-2-3-5-12(10)13-8-14-7-6-11(9)13/h2-5,11,14H,6-8H2,1H3. The molecule has 1 fully saturated rings. The number of fused-ring (bicyclic) bond motifs is 2. The molecule has 1 aliphatic heterocycles. The molecule has 0 spiro atoms. The molecule has 3 rings (SSSR count). The topological polar surface area (TPSA) is 12.0 Å². The molecule has 1 atom stereocenters. The van der Waals surface area contributed by atoms with Crippen LogP contribution in [0.1, 0.15) is 13.3 Å². The van der Waals surface area contributed by atoms with Crippen LogP contribution >= 0.6 is 0 Å². The average molecular weight is 185 g/mol. The van der Waals surface area contributed by atoms with E-state index in [1.54, 1.807) is 11.1 Å². The molecule has 2 aliphatic rings. The van der Waals surface area contributed by atoms with Gasteiger partial charge in [-0.3, -0.25) is 0 Å². The van der Waals surface area contributed by atoms with Gasteiger partial charge >= 0.3 is 0 Å². The monoisotopic (exact) mass is 185 g/mol. The Labute approximate surface area is 84.1 Å². The second kappa shape index (κ2) is 2.96. The first-order valence-corrected chi connectivity index (χ1v) is 5.37. The molecule has 0 bridgehead atoms. The highest BCUT2D eigenvalue weighted by atomic mass is 14.9. The van der Waals surface area contributed by atoms with Gasteiger partial charge in [-0.15, -0.1) is 0 Å². The van der Waals surface area contributed by atoms with E-state index in [1.807, 2.05) is 0 Å². The third-order valence-electron chi connectivity index (χ3n) is 3.57. The zero-order valence-electron chi connectivity index (χ0n) is 8.51. The van der Waals surface area contributed by atoms with Crippen LogP contribution in [0.25, 0.3) is 11.1 Å². The molecule has 0 radical (unpaired) electrons. The lowest BCUT2D eigenvalue weighted by Gasteiger charge is -2.23. The molecule has 1 unspecified atom stereocenters. The first-order chi connectivity index (χ1) is 6.88. The van der Waals surface area contributed by atoms with Crippen molar-refractivity contribution in [2.45, 2.75) is 13.3 Å². The lowest BCUT2D eigenvalue weighted by molar-refractivity contribution is 0.591. The summed E-state index contributed by atoms with van der Waals surface area (Å²) in [6.45, 7) is 4.54. The predicted octanol–water partition coefficient (Wildman–Crippen LogP) is 0.631. The summed E-state index contributed by atoms with van der Waals surface area (Å²) in [5.74, 6) is 0.730. The molecule has 0 saturated carbocycles. The Bertz CT molecular complexity index is 484. The predicted molar refractivity (Wildman–Crippen MR) is 59.2 cm³/mol. The summed E-state index contributed by atoms with van der Waals surface area (Å²) in [5, 5.41) is 6.44. The molecule has 0 amide bonds. The molecule has 1 N–H and O–H groups in total. The van der Waals surface area contributed by atoms with Gasteiger partial charge in [-0.05, 0) is 35.9 Å². The van der Waals surface area contributed by atoms with Crippen molar-refractivity contribution in [2.75, 3.05) is 13.1 Å². The summed E-state index contributed by atoms with van der Waals surface area (Å²) in [4.78, 5) is 0. The molecule has 1 heteroatoms. The van der Waals surface area contributed by atoms with E-state index in [-0.39, 0.29) is 0 Å². The maximum atomic E-state index is 3.47. The number of rotatable bonds is 0. The fraction of sp³-hybridized carbons (Fsp3) is 0.385. The zero-order valence-corrected chi connectivity index (χ0v) is 8.51. The minimum atomic E-state index is 0.730. The number of hydrogen-bond acceptors (Lipinski definition) is 1. The van der Waals surface area contributed by atoms with Gasteiger partial charge in [-0.25, -0.2) is 0 Å². The number of piperidine rings is 1. The lowest BCUT2D eigenvalue weighted by atomic mass is 9.89. The fourth-order valence-electron chi connectivity index (χ4n) is 2.82. The highest BCUT2D eigenvalue weighted by Gasteiger charge is 2.25. The third-order valence-corrected chi connectivity index (χ3v) is 3.57. The molecule has 1 aromatic carbocycles. The Morgan fingerprint density at radius 3 is 2.86 bits per heavy atom. The smallest absolute Gasteiger partial charge is 0.0179 e. The van der Waals surface area contributed by atoms with Crippen LogP contribution in [0.2, 0.25) is 0 Å². The second-order valence-corrected chi connectivity index (χ2v) is 4.27. The van der Waals surface area contributed by atoms with E-state index in [4.69, 9.17) is 0 Å². The van der Waals surface area contributed by atoms with Gasteiger partial charge in [0.1, 0.15) is 0 Å². The first kappa shape index (κ1) is 8.25. The molecular weight excluding hydrogens is 170 g/mol. The number of nitrogens with one attached hydrogen (secondary N) is 1. The van der Waals surface area contributed by atoms with Gasteiger partial charge in [-0.1, -0.05) is 29.8 Å². The van der Waals surface area contributed by atoms with E-state index < -0.39 is 0 Å². The van der Waals surface area contributed by atoms with E-state index in [9.17, 15) is 0 Å². The summed E-state index contributed by atoms with van der Waals surface area (Å²) in [6.07, 6.45) is 1.27. The number of hydrogen-bond donors (Lipinski definition) is 1. The van der Waals surface area contributed by atoms with Gasteiger partial charge in [0.05, 0.1) is 0 Å². The molecule has 1 aromatic rings. The Morgan fingerprint density at radius 2 is 2.00 bits per heavy atom.